The Morgan fingerprint density at radius 3 is 2.84 bits per heavy atom. The first-order valence-corrected chi connectivity index (χ1v) is 7.89. The monoisotopic (exact) mass is 341 g/mol. The van der Waals surface area contributed by atoms with E-state index in [1.807, 2.05) is 31.2 Å². The molecular formula is C17H19N5O3. The molecule has 0 aliphatic heterocycles. The van der Waals surface area contributed by atoms with Crippen molar-refractivity contribution in [3.63, 3.8) is 0 Å². The molecule has 8 heteroatoms. The lowest BCUT2D eigenvalue weighted by molar-refractivity contribution is 0.0747. The molecule has 8 nitrogen and oxygen atoms in total. The maximum absolute atomic E-state index is 12.7. The minimum atomic E-state index is -0.147. The molecule has 0 N–H and O–H groups in total. The number of aromatic nitrogens is 4. The van der Waals surface area contributed by atoms with Crippen LogP contribution in [0, 0.1) is 6.92 Å². The third-order valence-electron chi connectivity index (χ3n) is 3.73. The van der Waals surface area contributed by atoms with Crippen LogP contribution >= 0.6 is 0 Å². The number of ether oxygens (including phenoxy) is 1. The van der Waals surface area contributed by atoms with Gasteiger partial charge in [-0.15, -0.1) is 0 Å². The van der Waals surface area contributed by atoms with Crippen molar-refractivity contribution in [3.05, 3.63) is 53.9 Å². The third kappa shape index (κ3) is 3.52. The Labute approximate surface area is 145 Å². The number of benzene rings is 1. The highest BCUT2D eigenvalue weighted by molar-refractivity contribution is 5.93. The van der Waals surface area contributed by atoms with Crippen molar-refractivity contribution < 1.29 is 14.1 Å². The predicted molar refractivity (Wildman–Crippen MR) is 89.6 cm³/mol. The Morgan fingerprint density at radius 2 is 2.16 bits per heavy atom. The Balaban J connectivity index is 1.81. The van der Waals surface area contributed by atoms with Gasteiger partial charge in [-0.05, 0) is 19.1 Å². The van der Waals surface area contributed by atoms with Gasteiger partial charge in [0, 0.05) is 19.7 Å². The van der Waals surface area contributed by atoms with Crippen LogP contribution in [0.25, 0.3) is 5.69 Å². The minimum Gasteiger partial charge on any atom is -0.494 e. The number of aryl methyl sites for hydroxylation is 1. The molecule has 1 aromatic carbocycles. The van der Waals surface area contributed by atoms with Crippen LogP contribution in [0.1, 0.15) is 29.0 Å². The van der Waals surface area contributed by atoms with E-state index in [1.165, 1.54) is 0 Å². The molecule has 0 aliphatic rings. The molecular weight excluding hydrogens is 322 g/mol. The zero-order chi connectivity index (χ0) is 17.8. The topological polar surface area (TPSA) is 86.3 Å². The first-order chi connectivity index (χ1) is 12.1. The number of methoxy groups -OCH3 is 1. The maximum Gasteiger partial charge on any atom is 0.257 e. The summed E-state index contributed by atoms with van der Waals surface area (Å²) in [6.45, 7) is 4.42. The Bertz CT molecular complexity index is 871. The Morgan fingerprint density at radius 1 is 1.36 bits per heavy atom. The van der Waals surface area contributed by atoms with Crippen LogP contribution in [0.4, 0.5) is 0 Å². The fraction of sp³-hybridized carbons (Fsp3) is 0.294. The number of amides is 1. The highest BCUT2D eigenvalue weighted by Gasteiger charge is 2.19. The molecule has 3 aromatic rings. The van der Waals surface area contributed by atoms with Crippen LogP contribution < -0.4 is 4.74 Å². The summed E-state index contributed by atoms with van der Waals surface area (Å²) >= 11 is 0. The smallest absolute Gasteiger partial charge is 0.257 e. The summed E-state index contributed by atoms with van der Waals surface area (Å²) < 4.78 is 11.9. The van der Waals surface area contributed by atoms with Gasteiger partial charge in [0.05, 0.1) is 25.4 Å². The van der Waals surface area contributed by atoms with E-state index < -0.39 is 0 Å². The van der Waals surface area contributed by atoms with Gasteiger partial charge in [0.25, 0.3) is 5.91 Å². The van der Waals surface area contributed by atoms with Crippen molar-refractivity contribution in [2.45, 2.75) is 20.4 Å². The van der Waals surface area contributed by atoms with Crippen molar-refractivity contribution in [3.8, 4) is 11.4 Å². The van der Waals surface area contributed by atoms with Crippen LogP contribution in [-0.2, 0) is 6.54 Å². The van der Waals surface area contributed by atoms with E-state index >= 15 is 0 Å². The largest absolute Gasteiger partial charge is 0.494 e. The molecule has 0 unspecified atom stereocenters. The zero-order valence-corrected chi connectivity index (χ0v) is 14.3. The second kappa shape index (κ2) is 7.16. The van der Waals surface area contributed by atoms with E-state index in [2.05, 4.69) is 15.2 Å². The molecule has 0 atom stereocenters. The van der Waals surface area contributed by atoms with Crippen molar-refractivity contribution in [1.29, 1.82) is 0 Å². The van der Waals surface area contributed by atoms with Gasteiger partial charge in [0.2, 0.25) is 5.89 Å². The van der Waals surface area contributed by atoms with Crippen molar-refractivity contribution in [1.82, 2.24) is 24.8 Å². The van der Waals surface area contributed by atoms with Crippen LogP contribution in [0.3, 0.4) is 0 Å². The quantitative estimate of drug-likeness (QED) is 0.683. The second-order valence-corrected chi connectivity index (χ2v) is 5.39. The molecule has 0 saturated carbocycles. The number of hydrogen-bond donors (Lipinski definition) is 0. The Kier molecular flexibility index (Phi) is 4.78. The highest BCUT2D eigenvalue weighted by atomic mass is 16.5. The summed E-state index contributed by atoms with van der Waals surface area (Å²) in [7, 11) is 1.60. The third-order valence-corrected chi connectivity index (χ3v) is 3.73. The van der Waals surface area contributed by atoms with E-state index in [9.17, 15) is 4.79 Å². The molecule has 0 aliphatic carbocycles. The van der Waals surface area contributed by atoms with Crippen LogP contribution in [0.15, 0.2) is 41.2 Å². The first kappa shape index (κ1) is 16.7. The highest BCUT2D eigenvalue weighted by Crippen LogP contribution is 2.22. The number of nitrogens with zero attached hydrogens (tertiary/aromatic N) is 5. The number of para-hydroxylation sites is 2. The summed E-state index contributed by atoms with van der Waals surface area (Å²) in [5.74, 6) is 1.48. The summed E-state index contributed by atoms with van der Waals surface area (Å²) in [6.07, 6.45) is 3.23. The zero-order valence-electron chi connectivity index (χ0n) is 14.3. The predicted octanol–water partition coefficient (Wildman–Crippen LogP) is 2.23. The van der Waals surface area contributed by atoms with E-state index in [1.54, 1.807) is 36.0 Å². The van der Waals surface area contributed by atoms with E-state index in [0.717, 1.165) is 5.69 Å². The van der Waals surface area contributed by atoms with Gasteiger partial charge in [-0.25, -0.2) is 4.68 Å². The summed E-state index contributed by atoms with van der Waals surface area (Å²) in [6, 6.07) is 7.48. The molecule has 0 bridgehead atoms. The average molecular weight is 341 g/mol. The lowest BCUT2D eigenvalue weighted by Gasteiger charge is -2.17. The van der Waals surface area contributed by atoms with Gasteiger partial charge in [-0.3, -0.25) is 4.79 Å². The summed E-state index contributed by atoms with van der Waals surface area (Å²) in [5, 5.41) is 8.12. The van der Waals surface area contributed by atoms with Crippen molar-refractivity contribution >= 4 is 5.91 Å². The number of carbonyl (C=O) groups excluding carboxylic acids is 1. The SMILES string of the molecule is CCN(Cc1noc(C)n1)C(=O)c1cnn(-c2ccccc2OC)c1. The van der Waals surface area contributed by atoms with Gasteiger partial charge in [-0.1, -0.05) is 17.3 Å². The molecule has 25 heavy (non-hydrogen) atoms. The van der Waals surface area contributed by atoms with Crippen LogP contribution in [0.2, 0.25) is 0 Å². The molecule has 2 heterocycles. The van der Waals surface area contributed by atoms with Gasteiger partial charge in [0.15, 0.2) is 5.82 Å². The summed E-state index contributed by atoms with van der Waals surface area (Å²) in [5.41, 5.74) is 1.24. The maximum atomic E-state index is 12.7. The fourth-order valence-corrected chi connectivity index (χ4v) is 2.47. The molecule has 0 radical (unpaired) electrons. The molecule has 3 rings (SSSR count). The standard InChI is InChI=1S/C17H19N5O3/c1-4-21(11-16-19-12(2)25-20-16)17(23)13-9-18-22(10-13)14-7-5-6-8-15(14)24-3/h5-10H,4,11H2,1-3H3. The second-order valence-electron chi connectivity index (χ2n) is 5.39. The number of hydrogen-bond acceptors (Lipinski definition) is 6. The van der Waals surface area contributed by atoms with E-state index in [0.29, 0.717) is 29.6 Å². The Hall–Kier alpha value is -3.16. The number of carbonyl (C=O) groups is 1. The van der Waals surface area contributed by atoms with Crippen molar-refractivity contribution in [2.75, 3.05) is 13.7 Å². The van der Waals surface area contributed by atoms with Crippen LogP contribution in [-0.4, -0.2) is 44.4 Å². The fourth-order valence-electron chi connectivity index (χ4n) is 2.47. The minimum absolute atomic E-state index is 0.147. The van der Waals surface area contributed by atoms with Gasteiger partial charge in [-0.2, -0.15) is 10.1 Å². The molecule has 130 valence electrons. The summed E-state index contributed by atoms with van der Waals surface area (Å²) in [4.78, 5) is 18.5. The first-order valence-electron chi connectivity index (χ1n) is 7.89. The van der Waals surface area contributed by atoms with Gasteiger partial charge in [0.1, 0.15) is 11.4 Å². The molecule has 1 amide bonds. The number of rotatable bonds is 6. The molecule has 0 spiro atoms. The van der Waals surface area contributed by atoms with E-state index in [4.69, 9.17) is 9.26 Å². The van der Waals surface area contributed by atoms with Crippen LogP contribution in [0.5, 0.6) is 5.75 Å². The van der Waals surface area contributed by atoms with Gasteiger partial charge < -0.3 is 14.2 Å². The van der Waals surface area contributed by atoms with Crippen molar-refractivity contribution in [2.24, 2.45) is 0 Å². The lowest BCUT2D eigenvalue weighted by Crippen LogP contribution is -2.30. The van der Waals surface area contributed by atoms with E-state index in [-0.39, 0.29) is 12.5 Å². The molecule has 2 aromatic heterocycles. The molecule has 0 saturated heterocycles. The normalized spacial score (nSPS) is 10.7. The lowest BCUT2D eigenvalue weighted by atomic mass is 10.3. The molecule has 0 fully saturated rings. The average Bonchev–Trinajstić information content (AvgIpc) is 3.28. The van der Waals surface area contributed by atoms with Gasteiger partial charge >= 0.3 is 0 Å².